The number of halogens is 1. The van der Waals surface area contributed by atoms with Crippen LogP contribution in [-0.4, -0.2) is 39.4 Å². The predicted molar refractivity (Wildman–Crippen MR) is 123 cm³/mol. The standard InChI is InChI=1S/C23H24ClN5O3/c1-23(2)12-28(13-23)19(30)11-29-20-16(18(25)7-8-26-20)9-17(22(29)32)21(31)27-10-14-3-5-15(24)6-4-14/h3-9H,10-13H2,1-2H3,(H2,25,26)(H,27,31). The minimum absolute atomic E-state index is 0.0643. The Labute approximate surface area is 190 Å². The molecule has 32 heavy (non-hydrogen) atoms. The van der Waals surface area contributed by atoms with Crippen molar-refractivity contribution in [2.45, 2.75) is 26.9 Å². The van der Waals surface area contributed by atoms with Crippen molar-refractivity contribution in [3.05, 3.63) is 69.1 Å². The Hall–Kier alpha value is -3.39. The lowest BCUT2D eigenvalue weighted by molar-refractivity contribution is -0.142. The Bertz CT molecular complexity index is 1260. The first-order valence-electron chi connectivity index (χ1n) is 10.2. The number of nitrogens with two attached hydrogens (primary N) is 1. The fourth-order valence-electron chi connectivity index (χ4n) is 3.88. The van der Waals surface area contributed by atoms with Gasteiger partial charge in [0.15, 0.2) is 0 Å². The second-order valence-corrected chi connectivity index (χ2v) is 9.25. The Morgan fingerprint density at radius 3 is 2.53 bits per heavy atom. The number of nitrogen functional groups attached to an aromatic ring is 1. The zero-order chi connectivity index (χ0) is 23.0. The van der Waals surface area contributed by atoms with E-state index in [4.69, 9.17) is 17.3 Å². The van der Waals surface area contributed by atoms with Gasteiger partial charge in [0.05, 0.1) is 0 Å². The van der Waals surface area contributed by atoms with Gasteiger partial charge in [-0.1, -0.05) is 37.6 Å². The van der Waals surface area contributed by atoms with E-state index in [1.165, 1.54) is 16.8 Å². The number of fused-ring (bicyclic) bond motifs is 1. The van der Waals surface area contributed by atoms with Gasteiger partial charge in [-0.2, -0.15) is 0 Å². The van der Waals surface area contributed by atoms with E-state index in [0.717, 1.165) is 5.56 Å². The number of pyridine rings is 2. The number of rotatable bonds is 5. The number of carbonyl (C=O) groups excluding carboxylic acids is 2. The minimum atomic E-state index is -0.586. The summed E-state index contributed by atoms with van der Waals surface area (Å²) in [7, 11) is 0. The lowest BCUT2D eigenvalue weighted by Crippen LogP contribution is -2.56. The molecule has 3 N–H and O–H groups in total. The van der Waals surface area contributed by atoms with E-state index in [1.54, 1.807) is 35.2 Å². The molecule has 2 amide bonds. The summed E-state index contributed by atoms with van der Waals surface area (Å²) < 4.78 is 1.23. The Morgan fingerprint density at radius 1 is 1.19 bits per heavy atom. The highest BCUT2D eigenvalue weighted by Crippen LogP contribution is 2.29. The predicted octanol–water partition coefficient (Wildman–Crippen LogP) is 2.43. The van der Waals surface area contributed by atoms with Crippen LogP contribution in [0, 0.1) is 5.41 Å². The Morgan fingerprint density at radius 2 is 1.88 bits per heavy atom. The van der Waals surface area contributed by atoms with Gasteiger partial charge in [-0.3, -0.25) is 19.0 Å². The molecule has 1 saturated heterocycles. The van der Waals surface area contributed by atoms with E-state index >= 15 is 0 Å². The number of likely N-dealkylation sites (tertiary alicyclic amines) is 1. The smallest absolute Gasteiger partial charge is 0.265 e. The number of amides is 2. The first-order valence-corrected chi connectivity index (χ1v) is 10.6. The van der Waals surface area contributed by atoms with Crippen LogP contribution in [0.5, 0.6) is 0 Å². The Kier molecular flexibility index (Phi) is 5.64. The third-order valence-corrected chi connectivity index (χ3v) is 5.77. The topological polar surface area (TPSA) is 110 Å². The highest BCUT2D eigenvalue weighted by molar-refractivity contribution is 6.30. The molecule has 0 saturated carbocycles. The average Bonchev–Trinajstić information content (AvgIpc) is 2.73. The lowest BCUT2D eigenvalue weighted by atomic mass is 9.84. The van der Waals surface area contributed by atoms with E-state index in [0.29, 0.717) is 29.2 Å². The number of hydrogen-bond donors (Lipinski definition) is 2. The van der Waals surface area contributed by atoms with Gasteiger partial charge in [0.2, 0.25) is 5.91 Å². The van der Waals surface area contributed by atoms with Crippen LogP contribution in [0.2, 0.25) is 5.02 Å². The first-order chi connectivity index (χ1) is 15.1. The summed E-state index contributed by atoms with van der Waals surface area (Å²) in [6.45, 7) is 5.40. The third kappa shape index (κ3) is 4.31. The monoisotopic (exact) mass is 453 g/mol. The van der Waals surface area contributed by atoms with E-state index in [1.807, 2.05) is 0 Å². The van der Waals surface area contributed by atoms with E-state index in [2.05, 4.69) is 24.1 Å². The number of aromatic nitrogens is 2. The molecular formula is C23H24ClN5O3. The molecule has 166 valence electrons. The van der Waals surface area contributed by atoms with Gasteiger partial charge in [0.25, 0.3) is 11.5 Å². The van der Waals surface area contributed by atoms with Gasteiger partial charge in [0, 0.05) is 41.9 Å². The first kappa shape index (κ1) is 21.8. The number of hydrogen-bond acceptors (Lipinski definition) is 5. The molecule has 1 aliphatic rings. The summed E-state index contributed by atoms with van der Waals surface area (Å²) in [6.07, 6.45) is 1.48. The minimum Gasteiger partial charge on any atom is -0.398 e. The molecule has 0 spiro atoms. The molecule has 2 aromatic heterocycles. The summed E-state index contributed by atoms with van der Waals surface area (Å²) in [5, 5.41) is 3.78. The normalized spacial score (nSPS) is 14.8. The second-order valence-electron chi connectivity index (χ2n) is 8.81. The molecule has 1 fully saturated rings. The molecule has 1 aromatic carbocycles. The fraction of sp³-hybridized carbons (Fsp3) is 0.304. The quantitative estimate of drug-likeness (QED) is 0.616. The molecular weight excluding hydrogens is 430 g/mol. The number of nitrogens with one attached hydrogen (secondary N) is 1. The van der Waals surface area contributed by atoms with Crippen molar-refractivity contribution >= 4 is 40.1 Å². The van der Waals surface area contributed by atoms with Gasteiger partial charge in [-0.05, 0) is 35.2 Å². The molecule has 3 heterocycles. The van der Waals surface area contributed by atoms with E-state index in [9.17, 15) is 14.4 Å². The third-order valence-electron chi connectivity index (χ3n) is 5.52. The molecule has 4 rings (SSSR count). The fourth-order valence-corrected chi connectivity index (χ4v) is 4.00. The van der Waals surface area contributed by atoms with Gasteiger partial charge in [-0.25, -0.2) is 4.98 Å². The maximum atomic E-state index is 13.2. The molecule has 0 atom stereocenters. The lowest BCUT2D eigenvalue weighted by Gasteiger charge is -2.45. The summed E-state index contributed by atoms with van der Waals surface area (Å²) in [4.78, 5) is 44.8. The molecule has 0 radical (unpaired) electrons. The maximum absolute atomic E-state index is 13.2. The van der Waals surface area contributed by atoms with Crippen molar-refractivity contribution in [1.29, 1.82) is 0 Å². The number of anilines is 1. The zero-order valence-corrected chi connectivity index (χ0v) is 18.6. The van der Waals surface area contributed by atoms with Crippen LogP contribution < -0.4 is 16.6 Å². The van der Waals surface area contributed by atoms with Gasteiger partial charge in [-0.15, -0.1) is 0 Å². The van der Waals surface area contributed by atoms with Crippen molar-refractivity contribution in [3.63, 3.8) is 0 Å². The summed E-state index contributed by atoms with van der Waals surface area (Å²) in [5.41, 5.74) is 6.95. The molecule has 3 aromatic rings. The highest BCUT2D eigenvalue weighted by atomic mass is 35.5. The van der Waals surface area contributed by atoms with Crippen molar-refractivity contribution in [3.8, 4) is 0 Å². The highest BCUT2D eigenvalue weighted by Gasteiger charge is 2.37. The molecule has 0 unspecified atom stereocenters. The number of carbonyl (C=O) groups is 2. The second kappa shape index (κ2) is 8.27. The van der Waals surface area contributed by atoms with Gasteiger partial charge < -0.3 is 16.0 Å². The van der Waals surface area contributed by atoms with Gasteiger partial charge >= 0.3 is 0 Å². The maximum Gasteiger partial charge on any atom is 0.265 e. The SMILES string of the molecule is CC1(C)CN(C(=O)Cn2c(=O)c(C(=O)NCc3ccc(Cl)cc3)cc3c(N)ccnc32)C1. The van der Waals surface area contributed by atoms with Crippen LogP contribution >= 0.6 is 11.6 Å². The van der Waals surface area contributed by atoms with Crippen LogP contribution in [0.1, 0.15) is 29.8 Å². The summed E-state index contributed by atoms with van der Waals surface area (Å²) >= 11 is 5.89. The molecule has 0 bridgehead atoms. The van der Waals surface area contributed by atoms with Crippen LogP contribution in [0.25, 0.3) is 11.0 Å². The molecule has 1 aliphatic heterocycles. The van der Waals surface area contributed by atoms with Crippen LogP contribution in [0.4, 0.5) is 5.69 Å². The van der Waals surface area contributed by atoms with Gasteiger partial charge in [0.1, 0.15) is 17.8 Å². The van der Waals surface area contributed by atoms with Crippen LogP contribution in [-0.2, 0) is 17.9 Å². The number of nitrogens with zero attached hydrogens (tertiary/aromatic N) is 3. The van der Waals surface area contributed by atoms with Crippen LogP contribution in [0.3, 0.4) is 0 Å². The summed E-state index contributed by atoms with van der Waals surface area (Å²) in [5.74, 6) is -0.753. The largest absolute Gasteiger partial charge is 0.398 e. The van der Waals surface area contributed by atoms with E-state index in [-0.39, 0.29) is 35.6 Å². The molecule has 9 heteroatoms. The van der Waals surface area contributed by atoms with Crippen molar-refractivity contribution in [2.75, 3.05) is 18.8 Å². The number of benzene rings is 1. The molecule has 8 nitrogen and oxygen atoms in total. The Balaban J connectivity index is 1.65. The van der Waals surface area contributed by atoms with Crippen molar-refractivity contribution in [1.82, 2.24) is 19.8 Å². The average molecular weight is 454 g/mol. The molecule has 0 aliphatic carbocycles. The van der Waals surface area contributed by atoms with E-state index < -0.39 is 11.5 Å². The summed E-state index contributed by atoms with van der Waals surface area (Å²) in [6, 6.07) is 10.0. The zero-order valence-electron chi connectivity index (χ0n) is 17.9. The van der Waals surface area contributed by atoms with Crippen molar-refractivity contribution in [2.24, 2.45) is 5.41 Å². The van der Waals surface area contributed by atoms with Crippen LogP contribution in [0.15, 0.2) is 47.4 Å². The van der Waals surface area contributed by atoms with Crippen molar-refractivity contribution < 1.29 is 9.59 Å².